The maximum Gasteiger partial charge on any atom is 0.231 e. The Morgan fingerprint density at radius 2 is 2.00 bits per heavy atom. The number of hydrogen-bond donors (Lipinski definition) is 1. The Bertz CT molecular complexity index is 535. The monoisotopic (exact) mass is 335 g/mol. The number of amides is 1. The number of ether oxygens (including phenoxy) is 1. The summed E-state index contributed by atoms with van der Waals surface area (Å²) in [6, 6.07) is 7.22. The molecule has 1 aliphatic rings. The number of ketones is 1. The zero-order chi connectivity index (χ0) is 17.4. The van der Waals surface area contributed by atoms with Gasteiger partial charge in [0, 0.05) is 24.6 Å². The van der Waals surface area contributed by atoms with E-state index in [2.05, 4.69) is 5.32 Å². The molecule has 0 aromatic heterocycles. The fourth-order valence-electron chi connectivity index (χ4n) is 2.22. The highest BCUT2D eigenvalue weighted by atomic mass is 17.2. The van der Waals surface area contributed by atoms with Gasteiger partial charge in [-0.3, -0.25) is 9.59 Å². The van der Waals surface area contributed by atoms with Crippen molar-refractivity contribution < 1.29 is 24.1 Å². The summed E-state index contributed by atoms with van der Waals surface area (Å²) in [4.78, 5) is 33.7. The second kappa shape index (κ2) is 9.52. The molecule has 1 aliphatic heterocycles. The van der Waals surface area contributed by atoms with E-state index < -0.39 is 0 Å². The van der Waals surface area contributed by atoms with E-state index in [1.807, 2.05) is 12.1 Å². The summed E-state index contributed by atoms with van der Waals surface area (Å²) in [7, 11) is 0. The topological polar surface area (TPSA) is 73.9 Å². The molecule has 1 amide bonds. The number of nitrogens with one attached hydrogen (secondary N) is 1. The summed E-state index contributed by atoms with van der Waals surface area (Å²) >= 11 is 0. The molecular weight excluding hydrogens is 310 g/mol. The van der Waals surface area contributed by atoms with Crippen molar-refractivity contribution in [1.29, 1.82) is 0 Å². The normalized spacial score (nSPS) is 17.7. The Hall–Kier alpha value is -1.76. The van der Waals surface area contributed by atoms with Gasteiger partial charge in [0.05, 0.1) is 6.42 Å². The van der Waals surface area contributed by atoms with E-state index in [4.69, 9.17) is 14.5 Å². The lowest BCUT2D eigenvalue weighted by atomic mass is 10.1. The molecule has 1 N–H and O–H groups in total. The van der Waals surface area contributed by atoms with Crippen LogP contribution in [0, 0.1) is 5.92 Å². The SMILES string of the molecule is CC(C)C(=O)CC(=O)Nc1ccc(COOC2CCCCO2)cc1. The molecule has 1 atom stereocenters. The number of carbonyl (C=O) groups is 2. The predicted molar refractivity (Wildman–Crippen MR) is 89.0 cm³/mol. The van der Waals surface area contributed by atoms with Crippen LogP contribution in [0.3, 0.4) is 0 Å². The van der Waals surface area contributed by atoms with Gasteiger partial charge < -0.3 is 10.1 Å². The number of anilines is 1. The largest absolute Gasteiger partial charge is 0.350 e. The molecule has 1 aromatic rings. The van der Waals surface area contributed by atoms with Crippen LogP contribution in [0.4, 0.5) is 5.69 Å². The average Bonchev–Trinajstić information content (AvgIpc) is 2.57. The fourth-order valence-corrected chi connectivity index (χ4v) is 2.22. The van der Waals surface area contributed by atoms with Crippen LogP contribution in [0.15, 0.2) is 24.3 Å². The standard InChI is InChI=1S/C18H25NO5/c1-13(2)16(20)11-17(21)19-15-8-6-14(7-9-15)12-23-24-18-5-3-4-10-22-18/h6-9,13,18H,3-5,10-12H2,1-2H3,(H,19,21). The molecule has 1 unspecified atom stereocenters. The lowest BCUT2D eigenvalue weighted by Gasteiger charge is -2.21. The van der Waals surface area contributed by atoms with Crippen molar-refractivity contribution in [3.05, 3.63) is 29.8 Å². The number of carbonyl (C=O) groups excluding carboxylic acids is 2. The van der Waals surface area contributed by atoms with Crippen LogP contribution in [-0.2, 0) is 30.7 Å². The Kier molecular flexibility index (Phi) is 7.36. The van der Waals surface area contributed by atoms with Crippen molar-refractivity contribution in [1.82, 2.24) is 0 Å². The molecule has 1 heterocycles. The fraction of sp³-hybridized carbons (Fsp3) is 0.556. The van der Waals surface area contributed by atoms with E-state index in [0.29, 0.717) is 18.9 Å². The highest BCUT2D eigenvalue weighted by Gasteiger charge is 2.15. The number of benzene rings is 1. The van der Waals surface area contributed by atoms with Crippen LogP contribution in [0.2, 0.25) is 0 Å². The maximum atomic E-state index is 11.8. The zero-order valence-corrected chi connectivity index (χ0v) is 14.2. The lowest BCUT2D eigenvalue weighted by Crippen LogP contribution is -2.22. The number of rotatable bonds is 8. The third kappa shape index (κ3) is 6.39. The molecule has 6 nitrogen and oxygen atoms in total. The molecule has 2 rings (SSSR count). The Morgan fingerprint density at radius 1 is 1.25 bits per heavy atom. The lowest BCUT2D eigenvalue weighted by molar-refractivity contribution is -0.390. The third-order valence-corrected chi connectivity index (χ3v) is 3.76. The van der Waals surface area contributed by atoms with Crippen molar-refractivity contribution >= 4 is 17.4 Å². The van der Waals surface area contributed by atoms with Gasteiger partial charge in [0.15, 0.2) is 6.29 Å². The van der Waals surface area contributed by atoms with E-state index in [1.54, 1.807) is 26.0 Å². The molecule has 0 saturated carbocycles. The molecule has 0 aliphatic carbocycles. The quantitative estimate of drug-likeness (QED) is 0.448. The molecule has 0 spiro atoms. The molecule has 6 heteroatoms. The average molecular weight is 335 g/mol. The van der Waals surface area contributed by atoms with Gasteiger partial charge in [-0.15, -0.1) is 0 Å². The second-order valence-electron chi connectivity index (χ2n) is 6.20. The zero-order valence-electron chi connectivity index (χ0n) is 14.2. The molecule has 1 saturated heterocycles. The second-order valence-corrected chi connectivity index (χ2v) is 6.20. The van der Waals surface area contributed by atoms with Crippen molar-refractivity contribution in [2.45, 2.75) is 52.4 Å². The van der Waals surface area contributed by atoms with Crippen LogP contribution < -0.4 is 5.32 Å². The maximum absolute atomic E-state index is 11.8. The summed E-state index contributed by atoms with van der Waals surface area (Å²) < 4.78 is 5.40. The van der Waals surface area contributed by atoms with Crippen molar-refractivity contribution in [2.75, 3.05) is 11.9 Å². The summed E-state index contributed by atoms with van der Waals surface area (Å²) in [5, 5.41) is 2.71. The third-order valence-electron chi connectivity index (χ3n) is 3.76. The van der Waals surface area contributed by atoms with Crippen LogP contribution in [0.1, 0.15) is 45.1 Å². The number of hydrogen-bond acceptors (Lipinski definition) is 5. The van der Waals surface area contributed by atoms with E-state index in [9.17, 15) is 9.59 Å². The molecule has 0 bridgehead atoms. The Balaban J connectivity index is 1.71. The van der Waals surface area contributed by atoms with E-state index in [1.165, 1.54) is 0 Å². The smallest absolute Gasteiger partial charge is 0.231 e. The van der Waals surface area contributed by atoms with Gasteiger partial charge in [-0.25, -0.2) is 9.78 Å². The predicted octanol–water partition coefficient (Wildman–Crippen LogP) is 3.22. The van der Waals surface area contributed by atoms with Crippen molar-refractivity contribution in [3.63, 3.8) is 0 Å². The Morgan fingerprint density at radius 3 is 2.62 bits per heavy atom. The summed E-state index contributed by atoms with van der Waals surface area (Å²) in [5.41, 5.74) is 1.57. The van der Waals surface area contributed by atoms with Gasteiger partial charge in [0.2, 0.25) is 5.91 Å². The highest BCUT2D eigenvalue weighted by Crippen LogP contribution is 2.16. The van der Waals surface area contributed by atoms with Crippen LogP contribution in [-0.4, -0.2) is 24.6 Å². The van der Waals surface area contributed by atoms with E-state index >= 15 is 0 Å². The van der Waals surface area contributed by atoms with Gasteiger partial charge in [0.1, 0.15) is 12.4 Å². The molecular formula is C18H25NO5. The van der Waals surface area contributed by atoms with Gasteiger partial charge in [-0.2, -0.15) is 0 Å². The molecule has 1 fully saturated rings. The Labute approximate surface area is 142 Å². The van der Waals surface area contributed by atoms with Gasteiger partial charge in [-0.05, 0) is 30.5 Å². The minimum Gasteiger partial charge on any atom is -0.350 e. The van der Waals surface area contributed by atoms with Gasteiger partial charge >= 0.3 is 0 Å². The van der Waals surface area contributed by atoms with E-state index in [0.717, 1.165) is 24.8 Å². The summed E-state index contributed by atoms with van der Waals surface area (Å²) in [6.07, 6.45) is 2.62. The molecule has 1 aromatic carbocycles. The van der Waals surface area contributed by atoms with Crippen molar-refractivity contribution in [2.24, 2.45) is 5.92 Å². The van der Waals surface area contributed by atoms with Crippen LogP contribution in [0.25, 0.3) is 0 Å². The summed E-state index contributed by atoms with van der Waals surface area (Å²) in [5.74, 6) is -0.501. The first kappa shape index (κ1) is 18.6. The first-order chi connectivity index (χ1) is 11.5. The van der Waals surface area contributed by atoms with Crippen LogP contribution in [0.5, 0.6) is 0 Å². The molecule has 24 heavy (non-hydrogen) atoms. The molecule has 0 radical (unpaired) electrons. The minimum atomic E-state index is -0.296. The van der Waals surface area contributed by atoms with Crippen molar-refractivity contribution in [3.8, 4) is 0 Å². The summed E-state index contributed by atoms with van der Waals surface area (Å²) in [6.45, 7) is 4.58. The number of Topliss-reactive ketones (excluding diaryl/α,β-unsaturated/α-hetero) is 1. The first-order valence-corrected chi connectivity index (χ1v) is 8.36. The minimum absolute atomic E-state index is 0.0698. The van der Waals surface area contributed by atoms with Gasteiger partial charge in [0.25, 0.3) is 0 Å². The molecule has 132 valence electrons. The van der Waals surface area contributed by atoms with Crippen LogP contribution >= 0.6 is 0 Å². The van der Waals surface area contributed by atoms with E-state index in [-0.39, 0.29) is 30.3 Å². The highest BCUT2D eigenvalue weighted by molar-refractivity contribution is 6.04. The first-order valence-electron chi connectivity index (χ1n) is 8.36. The van der Waals surface area contributed by atoms with Gasteiger partial charge in [-0.1, -0.05) is 26.0 Å².